The van der Waals surface area contributed by atoms with E-state index < -0.39 is 5.54 Å². The third-order valence-corrected chi connectivity index (χ3v) is 3.83. The van der Waals surface area contributed by atoms with E-state index in [-0.39, 0.29) is 11.8 Å². The number of rotatable bonds is 2. The molecule has 2 amide bonds. The Hall–Kier alpha value is -1.10. The Morgan fingerprint density at radius 2 is 2.06 bits per heavy atom. The molecular weight excluding hydrogens is 218 g/mol. The molecular formula is C12H21N3O2. The van der Waals surface area contributed by atoms with E-state index in [2.05, 4.69) is 5.32 Å². The molecule has 0 unspecified atom stereocenters. The Kier molecular flexibility index (Phi) is 3.12. The van der Waals surface area contributed by atoms with Gasteiger partial charge in [0.15, 0.2) is 0 Å². The molecule has 2 saturated heterocycles. The van der Waals surface area contributed by atoms with Crippen LogP contribution in [-0.2, 0) is 9.59 Å². The molecule has 2 aliphatic rings. The summed E-state index contributed by atoms with van der Waals surface area (Å²) in [6.07, 6.45) is 0.563. The van der Waals surface area contributed by atoms with Gasteiger partial charge in [-0.2, -0.15) is 0 Å². The first-order chi connectivity index (χ1) is 7.93. The second-order valence-corrected chi connectivity index (χ2v) is 5.56. The molecule has 0 aliphatic carbocycles. The number of hydrogen-bond acceptors (Lipinski definition) is 3. The Morgan fingerprint density at radius 3 is 2.59 bits per heavy atom. The highest BCUT2D eigenvalue weighted by Crippen LogP contribution is 2.24. The largest absolute Gasteiger partial charge is 0.342 e. The number of carbonyl (C=O) groups is 2. The van der Waals surface area contributed by atoms with Crippen LogP contribution in [0, 0.1) is 5.92 Å². The van der Waals surface area contributed by atoms with Crippen LogP contribution in [0.25, 0.3) is 0 Å². The molecule has 0 aromatic carbocycles. The first-order valence-electron chi connectivity index (χ1n) is 6.19. The van der Waals surface area contributed by atoms with Crippen molar-refractivity contribution in [2.75, 3.05) is 33.2 Å². The maximum absolute atomic E-state index is 12.2. The molecule has 0 aromatic heterocycles. The van der Waals surface area contributed by atoms with E-state index in [9.17, 15) is 9.59 Å². The van der Waals surface area contributed by atoms with E-state index in [4.69, 9.17) is 0 Å². The van der Waals surface area contributed by atoms with Gasteiger partial charge in [-0.3, -0.25) is 9.59 Å². The summed E-state index contributed by atoms with van der Waals surface area (Å²) in [5, 5.41) is 3.16. The second kappa shape index (κ2) is 4.29. The molecule has 0 radical (unpaired) electrons. The zero-order chi connectivity index (χ0) is 12.6. The third-order valence-electron chi connectivity index (χ3n) is 3.83. The van der Waals surface area contributed by atoms with Crippen molar-refractivity contribution in [1.29, 1.82) is 0 Å². The van der Waals surface area contributed by atoms with Gasteiger partial charge >= 0.3 is 0 Å². The minimum Gasteiger partial charge on any atom is -0.342 e. The summed E-state index contributed by atoms with van der Waals surface area (Å²) in [6, 6.07) is 0. The quantitative estimate of drug-likeness (QED) is 0.718. The molecule has 0 bridgehead atoms. The summed E-state index contributed by atoms with van der Waals surface area (Å²) >= 11 is 0. The van der Waals surface area contributed by atoms with Crippen LogP contribution in [0.2, 0.25) is 0 Å². The van der Waals surface area contributed by atoms with Crippen LogP contribution in [0.15, 0.2) is 0 Å². The molecule has 96 valence electrons. The number of carbonyl (C=O) groups excluding carboxylic acids is 2. The van der Waals surface area contributed by atoms with E-state index in [1.807, 2.05) is 13.8 Å². The summed E-state index contributed by atoms with van der Waals surface area (Å²) in [4.78, 5) is 27.7. The van der Waals surface area contributed by atoms with Crippen LogP contribution < -0.4 is 5.32 Å². The van der Waals surface area contributed by atoms with Crippen molar-refractivity contribution in [2.24, 2.45) is 5.92 Å². The van der Waals surface area contributed by atoms with Gasteiger partial charge in [0.1, 0.15) is 5.54 Å². The van der Waals surface area contributed by atoms with E-state index in [1.54, 1.807) is 16.8 Å². The number of nitrogens with zero attached hydrogens (tertiary/aromatic N) is 2. The van der Waals surface area contributed by atoms with Crippen molar-refractivity contribution in [3.63, 3.8) is 0 Å². The molecule has 2 fully saturated rings. The molecule has 2 aliphatic heterocycles. The SMILES string of the molecule is CN1CCN(C(=O)CC2CNC2)C(C)(C)C1=O. The smallest absolute Gasteiger partial charge is 0.247 e. The van der Waals surface area contributed by atoms with Crippen molar-refractivity contribution in [3.05, 3.63) is 0 Å². The zero-order valence-corrected chi connectivity index (χ0v) is 10.8. The maximum Gasteiger partial charge on any atom is 0.247 e. The number of nitrogens with one attached hydrogen (secondary N) is 1. The molecule has 0 spiro atoms. The first kappa shape index (κ1) is 12.4. The fourth-order valence-electron chi connectivity index (χ4n) is 2.50. The average Bonchev–Trinajstić information content (AvgIpc) is 2.20. The van der Waals surface area contributed by atoms with Crippen molar-refractivity contribution >= 4 is 11.8 Å². The Morgan fingerprint density at radius 1 is 1.41 bits per heavy atom. The Balaban J connectivity index is 2.03. The summed E-state index contributed by atoms with van der Waals surface area (Å²) in [5.74, 6) is 0.597. The fourth-order valence-corrected chi connectivity index (χ4v) is 2.50. The van der Waals surface area contributed by atoms with Crippen LogP contribution in [0.5, 0.6) is 0 Å². The molecule has 17 heavy (non-hydrogen) atoms. The molecule has 0 aromatic rings. The predicted octanol–water partition coefficient (Wildman–Crippen LogP) is -0.325. The van der Waals surface area contributed by atoms with Gasteiger partial charge < -0.3 is 15.1 Å². The van der Waals surface area contributed by atoms with Gasteiger partial charge in [0.2, 0.25) is 11.8 Å². The lowest BCUT2D eigenvalue weighted by atomic mass is 9.93. The number of likely N-dealkylation sites (N-methyl/N-ethyl adjacent to an activating group) is 1. The van der Waals surface area contributed by atoms with Gasteiger partial charge in [-0.05, 0) is 32.9 Å². The summed E-state index contributed by atoms with van der Waals surface area (Å²) in [7, 11) is 1.79. The van der Waals surface area contributed by atoms with Gasteiger partial charge in [0.05, 0.1) is 0 Å². The highest BCUT2D eigenvalue weighted by molar-refractivity contribution is 5.91. The number of amides is 2. The maximum atomic E-state index is 12.2. The van der Waals surface area contributed by atoms with Gasteiger partial charge in [-0.25, -0.2) is 0 Å². The molecule has 5 heteroatoms. The van der Waals surface area contributed by atoms with Crippen molar-refractivity contribution in [2.45, 2.75) is 25.8 Å². The highest BCUT2D eigenvalue weighted by atomic mass is 16.2. The Labute approximate surface area is 102 Å². The zero-order valence-electron chi connectivity index (χ0n) is 10.8. The molecule has 1 N–H and O–H groups in total. The number of piperazine rings is 1. The molecule has 0 saturated carbocycles. The third kappa shape index (κ3) is 2.16. The van der Waals surface area contributed by atoms with Crippen LogP contribution in [0.4, 0.5) is 0 Å². The predicted molar refractivity (Wildman–Crippen MR) is 64.4 cm³/mol. The second-order valence-electron chi connectivity index (χ2n) is 5.56. The van der Waals surface area contributed by atoms with Gasteiger partial charge in [0, 0.05) is 26.6 Å². The molecule has 2 heterocycles. The summed E-state index contributed by atoms with van der Waals surface area (Å²) < 4.78 is 0. The fraction of sp³-hybridized carbons (Fsp3) is 0.833. The minimum absolute atomic E-state index is 0.0313. The van der Waals surface area contributed by atoms with Crippen molar-refractivity contribution in [1.82, 2.24) is 15.1 Å². The molecule has 5 nitrogen and oxygen atoms in total. The van der Waals surface area contributed by atoms with Crippen molar-refractivity contribution in [3.8, 4) is 0 Å². The van der Waals surface area contributed by atoms with Crippen LogP contribution in [0.1, 0.15) is 20.3 Å². The van der Waals surface area contributed by atoms with E-state index >= 15 is 0 Å². The average molecular weight is 239 g/mol. The van der Waals surface area contributed by atoms with Gasteiger partial charge in [-0.1, -0.05) is 0 Å². The number of hydrogen-bond donors (Lipinski definition) is 1. The lowest BCUT2D eigenvalue weighted by molar-refractivity contribution is -0.157. The van der Waals surface area contributed by atoms with E-state index in [1.165, 1.54) is 0 Å². The van der Waals surface area contributed by atoms with Crippen LogP contribution in [0.3, 0.4) is 0 Å². The van der Waals surface area contributed by atoms with Gasteiger partial charge in [-0.15, -0.1) is 0 Å². The lowest BCUT2D eigenvalue weighted by Gasteiger charge is -2.45. The monoisotopic (exact) mass is 239 g/mol. The Bertz CT molecular complexity index is 337. The van der Waals surface area contributed by atoms with Crippen LogP contribution in [-0.4, -0.2) is 60.4 Å². The normalized spacial score (nSPS) is 24.8. The van der Waals surface area contributed by atoms with Crippen LogP contribution >= 0.6 is 0 Å². The minimum atomic E-state index is -0.693. The van der Waals surface area contributed by atoms with Crippen molar-refractivity contribution < 1.29 is 9.59 Å². The van der Waals surface area contributed by atoms with E-state index in [0.717, 1.165) is 13.1 Å². The lowest BCUT2D eigenvalue weighted by Crippen LogP contribution is -2.64. The molecule has 2 rings (SSSR count). The first-order valence-corrected chi connectivity index (χ1v) is 6.19. The molecule has 0 atom stereocenters. The van der Waals surface area contributed by atoms with Gasteiger partial charge in [0.25, 0.3) is 0 Å². The topological polar surface area (TPSA) is 52.6 Å². The van der Waals surface area contributed by atoms with E-state index in [0.29, 0.717) is 25.4 Å². The summed E-state index contributed by atoms with van der Waals surface area (Å²) in [6.45, 7) is 6.80. The summed E-state index contributed by atoms with van der Waals surface area (Å²) in [5.41, 5.74) is -0.693. The highest BCUT2D eigenvalue weighted by Gasteiger charge is 2.43. The standard InChI is InChI=1S/C12H21N3O2/c1-12(2)11(17)14(3)4-5-15(12)10(16)6-9-7-13-8-9/h9,13H,4-8H2,1-3H3.